The number of hydrogen-bond acceptors (Lipinski definition) is 4. The van der Waals surface area contributed by atoms with Crippen LogP contribution >= 0.6 is 0 Å². The van der Waals surface area contributed by atoms with E-state index in [0.717, 1.165) is 19.3 Å². The van der Waals surface area contributed by atoms with Crippen LogP contribution in [0.4, 0.5) is 0 Å². The van der Waals surface area contributed by atoms with Crippen LogP contribution < -0.4 is 11.2 Å². The molecule has 0 spiro atoms. The summed E-state index contributed by atoms with van der Waals surface area (Å²) in [4.78, 5) is 37.8. The van der Waals surface area contributed by atoms with E-state index in [9.17, 15) is 19.5 Å². The first-order valence-electron chi connectivity index (χ1n) is 5.89. The van der Waals surface area contributed by atoms with Crippen molar-refractivity contribution in [1.82, 2.24) is 5.48 Å². The van der Waals surface area contributed by atoms with Gasteiger partial charge in [-0.25, -0.2) is 5.48 Å². The normalized spacial score (nSPS) is 18.0. The summed E-state index contributed by atoms with van der Waals surface area (Å²) in [5.74, 6) is -2.20. The van der Waals surface area contributed by atoms with Crippen molar-refractivity contribution < 1.29 is 24.3 Å². The van der Waals surface area contributed by atoms with Gasteiger partial charge in [-0.3, -0.25) is 19.2 Å². The Morgan fingerprint density at radius 1 is 1.22 bits per heavy atom. The third kappa shape index (κ3) is 3.99. The molecular weight excluding hydrogens is 240 g/mol. The Hall–Kier alpha value is -1.63. The Morgan fingerprint density at radius 3 is 2.33 bits per heavy atom. The van der Waals surface area contributed by atoms with Crippen LogP contribution in [-0.4, -0.2) is 29.5 Å². The molecule has 7 heteroatoms. The highest BCUT2D eigenvalue weighted by molar-refractivity contribution is 5.84. The molecule has 1 rings (SSSR count). The molecule has 0 aromatic carbocycles. The van der Waals surface area contributed by atoms with E-state index in [1.165, 1.54) is 0 Å². The minimum atomic E-state index is -1.00. The van der Waals surface area contributed by atoms with Gasteiger partial charge in [-0.15, -0.1) is 0 Å². The van der Waals surface area contributed by atoms with Crippen molar-refractivity contribution in [1.29, 1.82) is 0 Å². The van der Waals surface area contributed by atoms with Crippen LogP contribution in [0.1, 0.15) is 38.5 Å². The van der Waals surface area contributed by atoms with E-state index < -0.39 is 29.8 Å². The number of carbonyl (C=O) groups excluding carboxylic acids is 2. The van der Waals surface area contributed by atoms with Crippen LogP contribution in [0.3, 0.4) is 0 Å². The molecule has 0 unspecified atom stereocenters. The lowest BCUT2D eigenvalue weighted by molar-refractivity contribution is -0.156. The number of hydrogen-bond donors (Lipinski definition) is 3. The SMILES string of the molecule is NC(=O)CONC(=O)CC1(C(=O)O)CCCCC1. The molecule has 0 bridgehead atoms. The van der Waals surface area contributed by atoms with Crippen LogP contribution in [-0.2, 0) is 19.2 Å². The number of rotatable bonds is 6. The van der Waals surface area contributed by atoms with Crippen molar-refractivity contribution >= 4 is 17.8 Å². The highest BCUT2D eigenvalue weighted by Gasteiger charge is 2.41. The van der Waals surface area contributed by atoms with Gasteiger partial charge in [0.2, 0.25) is 11.8 Å². The van der Waals surface area contributed by atoms with Crippen LogP contribution in [0, 0.1) is 5.41 Å². The van der Waals surface area contributed by atoms with Gasteiger partial charge in [0.1, 0.15) is 0 Å². The van der Waals surface area contributed by atoms with Crippen molar-refractivity contribution in [3.63, 3.8) is 0 Å². The Kier molecular flexibility index (Phi) is 5.08. The molecule has 18 heavy (non-hydrogen) atoms. The number of hydroxylamine groups is 1. The summed E-state index contributed by atoms with van der Waals surface area (Å²) >= 11 is 0. The zero-order valence-corrected chi connectivity index (χ0v) is 10.1. The molecule has 0 atom stereocenters. The van der Waals surface area contributed by atoms with E-state index in [1.54, 1.807) is 0 Å². The van der Waals surface area contributed by atoms with Crippen LogP contribution in [0.15, 0.2) is 0 Å². The Morgan fingerprint density at radius 2 is 1.83 bits per heavy atom. The Balaban J connectivity index is 2.48. The maximum Gasteiger partial charge on any atom is 0.310 e. The number of nitrogens with one attached hydrogen (secondary N) is 1. The summed E-state index contributed by atoms with van der Waals surface area (Å²) in [6.07, 6.45) is 3.45. The largest absolute Gasteiger partial charge is 0.481 e. The highest BCUT2D eigenvalue weighted by Crippen LogP contribution is 2.39. The van der Waals surface area contributed by atoms with E-state index in [2.05, 4.69) is 4.84 Å². The molecule has 1 aliphatic rings. The lowest BCUT2D eigenvalue weighted by Gasteiger charge is -2.32. The van der Waals surface area contributed by atoms with Crippen LogP contribution in [0.25, 0.3) is 0 Å². The number of primary amides is 1. The molecule has 0 aliphatic heterocycles. The van der Waals surface area contributed by atoms with Crippen molar-refractivity contribution in [3.8, 4) is 0 Å². The van der Waals surface area contributed by atoms with Gasteiger partial charge in [-0.1, -0.05) is 19.3 Å². The van der Waals surface area contributed by atoms with Gasteiger partial charge in [0.05, 0.1) is 5.41 Å². The van der Waals surface area contributed by atoms with E-state index in [0.29, 0.717) is 12.8 Å². The Labute approximate surface area is 105 Å². The lowest BCUT2D eigenvalue weighted by atomic mass is 9.72. The molecule has 1 saturated carbocycles. The maximum absolute atomic E-state index is 11.6. The molecule has 0 radical (unpaired) electrons. The van der Waals surface area contributed by atoms with Gasteiger partial charge in [0, 0.05) is 6.42 Å². The number of carbonyl (C=O) groups is 3. The summed E-state index contributed by atoms with van der Waals surface area (Å²) in [6.45, 7) is -0.425. The maximum atomic E-state index is 11.6. The number of nitrogens with two attached hydrogens (primary N) is 1. The van der Waals surface area contributed by atoms with Gasteiger partial charge in [0.15, 0.2) is 6.61 Å². The second-order valence-electron chi connectivity index (χ2n) is 4.60. The smallest absolute Gasteiger partial charge is 0.310 e. The lowest BCUT2D eigenvalue weighted by Crippen LogP contribution is -2.39. The first kappa shape index (κ1) is 14.4. The number of carboxylic acids is 1. The molecule has 0 aromatic heterocycles. The van der Waals surface area contributed by atoms with Gasteiger partial charge in [0.25, 0.3) is 0 Å². The zero-order chi connectivity index (χ0) is 13.6. The molecule has 2 amide bonds. The van der Waals surface area contributed by atoms with Crippen molar-refractivity contribution in [3.05, 3.63) is 0 Å². The molecule has 1 aliphatic carbocycles. The molecular formula is C11H18N2O5. The summed E-state index contributed by atoms with van der Waals surface area (Å²) < 4.78 is 0. The van der Waals surface area contributed by atoms with E-state index in [4.69, 9.17) is 5.73 Å². The first-order valence-corrected chi connectivity index (χ1v) is 5.89. The fraction of sp³-hybridized carbons (Fsp3) is 0.727. The summed E-state index contributed by atoms with van der Waals surface area (Å²) in [6, 6.07) is 0. The predicted octanol–water partition coefficient (Wildman–Crippen LogP) is -0.0553. The molecule has 4 N–H and O–H groups in total. The quantitative estimate of drug-likeness (QED) is 0.577. The minimum Gasteiger partial charge on any atom is -0.481 e. The number of amides is 2. The minimum absolute atomic E-state index is 0.138. The molecule has 0 heterocycles. The van der Waals surface area contributed by atoms with Crippen LogP contribution in [0.5, 0.6) is 0 Å². The fourth-order valence-electron chi connectivity index (χ4n) is 2.23. The predicted molar refractivity (Wildman–Crippen MR) is 61.1 cm³/mol. The average Bonchev–Trinajstić information content (AvgIpc) is 2.29. The van der Waals surface area contributed by atoms with Gasteiger partial charge in [-0.05, 0) is 12.8 Å². The molecule has 1 fully saturated rings. The van der Waals surface area contributed by atoms with Gasteiger partial charge in [-0.2, -0.15) is 0 Å². The Bertz CT molecular complexity index is 336. The third-order valence-corrected chi connectivity index (χ3v) is 3.16. The zero-order valence-electron chi connectivity index (χ0n) is 10.1. The van der Waals surface area contributed by atoms with E-state index >= 15 is 0 Å². The van der Waals surface area contributed by atoms with Gasteiger partial charge >= 0.3 is 5.97 Å². The van der Waals surface area contributed by atoms with Gasteiger partial charge < -0.3 is 10.8 Å². The van der Waals surface area contributed by atoms with Crippen molar-refractivity contribution in [2.24, 2.45) is 11.1 Å². The van der Waals surface area contributed by atoms with Crippen molar-refractivity contribution in [2.75, 3.05) is 6.61 Å². The molecule has 0 aromatic rings. The molecule has 7 nitrogen and oxygen atoms in total. The number of carboxylic acid groups (broad SMARTS) is 1. The highest BCUT2D eigenvalue weighted by atomic mass is 16.7. The summed E-state index contributed by atoms with van der Waals surface area (Å²) in [5, 5.41) is 9.26. The summed E-state index contributed by atoms with van der Waals surface area (Å²) in [7, 11) is 0. The molecule has 0 saturated heterocycles. The number of aliphatic carboxylic acids is 1. The third-order valence-electron chi connectivity index (χ3n) is 3.16. The average molecular weight is 258 g/mol. The van der Waals surface area contributed by atoms with E-state index in [1.807, 2.05) is 5.48 Å². The fourth-order valence-corrected chi connectivity index (χ4v) is 2.23. The second kappa shape index (κ2) is 6.34. The van der Waals surface area contributed by atoms with Crippen LogP contribution in [0.2, 0.25) is 0 Å². The molecule has 102 valence electrons. The summed E-state index contributed by atoms with van der Waals surface area (Å²) in [5.41, 5.74) is 5.86. The monoisotopic (exact) mass is 258 g/mol. The van der Waals surface area contributed by atoms with E-state index in [-0.39, 0.29) is 6.42 Å². The topological polar surface area (TPSA) is 119 Å². The second-order valence-corrected chi connectivity index (χ2v) is 4.60. The first-order chi connectivity index (χ1) is 8.46. The standard InChI is InChI=1S/C11H18N2O5/c12-8(14)7-18-13-9(15)6-11(10(16)17)4-2-1-3-5-11/h1-7H2,(H2,12,14)(H,13,15)(H,16,17). The van der Waals surface area contributed by atoms with Crippen molar-refractivity contribution in [2.45, 2.75) is 38.5 Å².